The highest BCUT2D eigenvalue weighted by molar-refractivity contribution is 5.85. The number of nitrogens with zero attached hydrogens (tertiary/aromatic N) is 2. The molecule has 2 atom stereocenters. The van der Waals surface area contributed by atoms with Crippen LogP contribution in [0.25, 0.3) is 11.5 Å². The van der Waals surface area contributed by atoms with Crippen LogP contribution < -0.4 is 5.73 Å². The Labute approximate surface area is 130 Å². The van der Waals surface area contributed by atoms with Gasteiger partial charge >= 0.3 is 0 Å². The molecule has 2 aromatic rings. The topological polar surface area (TPSA) is 68.4 Å². The minimum Gasteiger partial charge on any atom is -0.461 e. The number of piperidine rings is 1. The Morgan fingerprint density at radius 2 is 2.29 bits per heavy atom. The Morgan fingerprint density at radius 3 is 3.00 bits per heavy atom. The van der Waals surface area contributed by atoms with Gasteiger partial charge in [0.25, 0.3) is 0 Å². The summed E-state index contributed by atoms with van der Waals surface area (Å²) in [6.45, 7) is 3.95. The van der Waals surface area contributed by atoms with E-state index in [-0.39, 0.29) is 18.4 Å². The summed E-state index contributed by atoms with van der Waals surface area (Å²) in [6.07, 6.45) is 5.29. The van der Waals surface area contributed by atoms with Gasteiger partial charge in [0.15, 0.2) is 5.76 Å². The number of aromatic nitrogens is 1. The molecule has 3 heterocycles. The number of halogens is 1. The molecule has 1 aliphatic rings. The molecule has 0 spiro atoms. The summed E-state index contributed by atoms with van der Waals surface area (Å²) in [7, 11) is 0. The van der Waals surface area contributed by atoms with Gasteiger partial charge in [-0.25, -0.2) is 0 Å². The molecule has 116 valence electrons. The first kappa shape index (κ1) is 16.1. The maximum atomic E-state index is 6.09. The molecule has 0 bridgehead atoms. The van der Waals surface area contributed by atoms with E-state index in [4.69, 9.17) is 14.7 Å². The molecule has 0 aliphatic carbocycles. The summed E-state index contributed by atoms with van der Waals surface area (Å²) in [4.78, 5) is 2.41. The van der Waals surface area contributed by atoms with Crippen LogP contribution in [0.5, 0.6) is 0 Å². The van der Waals surface area contributed by atoms with Crippen molar-refractivity contribution < 1.29 is 8.94 Å². The lowest BCUT2D eigenvalue weighted by atomic mass is 9.97. The molecule has 1 aliphatic heterocycles. The SMILES string of the molecule is CC(N)C1CCCCN1Cc1cc(-c2ccco2)on1.Cl. The van der Waals surface area contributed by atoms with Crippen molar-refractivity contribution in [2.24, 2.45) is 5.73 Å². The zero-order valence-corrected chi connectivity index (χ0v) is 13.0. The van der Waals surface area contributed by atoms with Crippen LogP contribution in [0.4, 0.5) is 0 Å². The molecule has 2 aromatic heterocycles. The predicted octanol–water partition coefficient (Wildman–Crippen LogP) is 3.06. The second-order valence-electron chi connectivity index (χ2n) is 5.55. The van der Waals surface area contributed by atoms with Crippen molar-refractivity contribution in [2.75, 3.05) is 6.54 Å². The van der Waals surface area contributed by atoms with Gasteiger partial charge < -0.3 is 14.7 Å². The maximum absolute atomic E-state index is 6.09. The van der Waals surface area contributed by atoms with Crippen LogP contribution >= 0.6 is 12.4 Å². The number of furan rings is 1. The zero-order valence-electron chi connectivity index (χ0n) is 12.2. The van der Waals surface area contributed by atoms with E-state index in [0.29, 0.717) is 17.6 Å². The van der Waals surface area contributed by atoms with Crippen LogP contribution in [0.1, 0.15) is 31.9 Å². The number of rotatable bonds is 4. The summed E-state index contributed by atoms with van der Waals surface area (Å²) >= 11 is 0. The van der Waals surface area contributed by atoms with Crippen molar-refractivity contribution >= 4 is 12.4 Å². The van der Waals surface area contributed by atoms with Crippen LogP contribution in [-0.4, -0.2) is 28.7 Å². The standard InChI is InChI=1S/C15H21N3O2.ClH/c1-11(16)13-5-2-3-7-18(13)10-12-9-15(20-17-12)14-6-4-8-19-14;/h4,6,8-9,11,13H,2-3,5,7,10,16H2,1H3;1H. The highest BCUT2D eigenvalue weighted by Gasteiger charge is 2.26. The smallest absolute Gasteiger partial charge is 0.202 e. The molecule has 0 aromatic carbocycles. The van der Waals surface area contributed by atoms with Crippen LogP contribution in [0.2, 0.25) is 0 Å². The number of nitrogens with two attached hydrogens (primary N) is 1. The summed E-state index contributed by atoms with van der Waals surface area (Å²) < 4.78 is 10.7. The fourth-order valence-electron chi connectivity index (χ4n) is 2.94. The van der Waals surface area contributed by atoms with E-state index < -0.39 is 0 Å². The Morgan fingerprint density at radius 1 is 1.43 bits per heavy atom. The Kier molecular flexibility index (Phi) is 5.45. The molecule has 21 heavy (non-hydrogen) atoms. The van der Waals surface area contributed by atoms with Crippen LogP contribution in [0.15, 0.2) is 33.4 Å². The summed E-state index contributed by atoms with van der Waals surface area (Å²) in [6, 6.07) is 6.29. The van der Waals surface area contributed by atoms with Gasteiger partial charge in [0, 0.05) is 24.7 Å². The van der Waals surface area contributed by atoms with E-state index in [1.807, 2.05) is 18.2 Å². The average Bonchev–Trinajstić information content (AvgIpc) is 3.09. The maximum Gasteiger partial charge on any atom is 0.202 e. The molecule has 2 N–H and O–H groups in total. The van der Waals surface area contributed by atoms with Crippen LogP contribution in [-0.2, 0) is 6.54 Å². The minimum absolute atomic E-state index is 0. The first-order chi connectivity index (χ1) is 9.74. The molecule has 6 heteroatoms. The minimum atomic E-state index is 0. The third-order valence-electron chi connectivity index (χ3n) is 3.96. The van der Waals surface area contributed by atoms with Gasteiger partial charge in [0.2, 0.25) is 5.76 Å². The van der Waals surface area contributed by atoms with Crippen molar-refractivity contribution in [3.63, 3.8) is 0 Å². The normalized spacial score (nSPS) is 21.0. The summed E-state index contributed by atoms with van der Waals surface area (Å²) in [5.41, 5.74) is 7.03. The van der Waals surface area contributed by atoms with E-state index in [1.54, 1.807) is 6.26 Å². The fourth-order valence-corrected chi connectivity index (χ4v) is 2.94. The van der Waals surface area contributed by atoms with Gasteiger partial charge in [-0.05, 0) is 38.4 Å². The first-order valence-corrected chi connectivity index (χ1v) is 7.23. The molecule has 3 rings (SSSR count). The highest BCUT2D eigenvalue weighted by Crippen LogP contribution is 2.24. The first-order valence-electron chi connectivity index (χ1n) is 7.23. The van der Waals surface area contributed by atoms with E-state index in [2.05, 4.69) is 17.0 Å². The van der Waals surface area contributed by atoms with E-state index in [9.17, 15) is 0 Å². The van der Waals surface area contributed by atoms with Crippen molar-refractivity contribution in [1.29, 1.82) is 0 Å². The fraction of sp³-hybridized carbons (Fsp3) is 0.533. The van der Waals surface area contributed by atoms with E-state index in [1.165, 1.54) is 19.3 Å². The zero-order chi connectivity index (χ0) is 13.9. The van der Waals surface area contributed by atoms with Gasteiger partial charge in [0.1, 0.15) is 0 Å². The lowest BCUT2D eigenvalue weighted by Crippen LogP contribution is -2.48. The predicted molar refractivity (Wildman–Crippen MR) is 83.2 cm³/mol. The van der Waals surface area contributed by atoms with E-state index in [0.717, 1.165) is 18.8 Å². The Balaban J connectivity index is 0.00000161. The number of hydrogen-bond acceptors (Lipinski definition) is 5. The largest absolute Gasteiger partial charge is 0.461 e. The van der Waals surface area contributed by atoms with Gasteiger partial charge in [0.05, 0.1) is 12.0 Å². The van der Waals surface area contributed by atoms with Crippen molar-refractivity contribution in [2.45, 2.75) is 44.8 Å². The molecular formula is C15H22ClN3O2. The van der Waals surface area contributed by atoms with Gasteiger partial charge in [-0.1, -0.05) is 11.6 Å². The molecule has 1 saturated heterocycles. The third kappa shape index (κ3) is 3.67. The highest BCUT2D eigenvalue weighted by atomic mass is 35.5. The third-order valence-corrected chi connectivity index (χ3v) is 3.96. The second kappa shape index (κ2) is 7.11. The summed E-state index contributed by atoms with van der Waals surface area (Å²) in [5.74, 6) is 1.39. The van der Waals surface area contributed by atoms with Crippen LogP contribution in [0.3, 0.4) is 0 Å². The molecule has 1 fully saturated rings. The quantitative estimate of drug-likeness (QED) is 0.940. The Hall–Kier alpha value is -1.30. The van der Waals surface area contributed by atoms with E-state index >= 15 is 0 Å². The summed E-state index contributed by atoms with van der Waals surface area (Å²) in [5, 5.41) is 4.14. The molecule has 0 amide bonds. The molecular weight excluding hydrogens is 290 g/mol. The molecule has 0 saturated carbocycles. The van der Waals surface area contributed by atoms with Crippen molar-refractivity contribution in [1.82, 2.24) is 10.1 Å². The van der Waals surface area contributed by atoms with Crippen molar-refractivity contribution in [3.05, 3.63) is 30.2 Å². The van der Waals surface area contributed by atoms with Crippen LogP contribution in [0, 0.1) is 0 Å². The van der Waals surface area contributed by atoms with Gasteiger partial charge in [-0.3, -0.25) is 4.90 Å². The monoisotopic (exact) mass is 311 g/mol. The van der Waals surface area contributed by atoms with Gasteiger partial charge in [-0.15, -0.1) is 12.4 Å². The molecule has 0 radical (unpaired) electrons. The molecule has 2 unspecified atom stereocenters. The van der Waals surface area contributed by atoms with Crippen molar-refractivity contribution in [3.8, 4) is 11.5 Å². The lowest BCUT2D eigenvalue weighted by Gasteiger charge is -2.37. The second-order valence-corrected chi connectivity index (χ2v) is 5.55. The lowest BCUT2D eigenvalue weighted by molar-refractivity contribution is 0.120. The average molecular weight is 312 g/mol. The Bertz CT molecular complexity index is 539. The van der Waals surface area contributed by atoms with Gasteiger partial charge in [-0.2, -0.15) is 0 Å². The molecule has 5 nitrogen and oxygen atoms in total. The number of likely N-dealkylation sites (tertiary alicyclic amines) is 1. The number of hydrogen-bond donors (Lipinski definition) is 1.